The molecule has 3 heterocycles. The lowest BCUT2D eigenvalue weighted by molar-refractivity contribution is -0.390. The van der Waals surface area contributed by atoms with Crippen molar-refractivity contribution in [1.29, 1.82) is 0 Å². The lowest BCUT2D eigenvalue weighted by atomic mass is 9.95. The Labute approximate surface area is 202 Å². The fourth-order valence-corrected chi connectivity index (χ4v) is 3.96. The number of pyridine rings is 1. The van der Waals surface area contributed by atoms with Gasteiger partial charge < -0.3 is 19.4 Å². The third-order valence-corrected chi connectivity index (χ3v) is 5.78. The van der Waals surface area contributed by atoms with Crippen molar-refractivity contribution in [2.24, 2.45) is 0 Å². The number of hydrogen-bond acceptors (Lipinski definition) is 7. The first-order valence-corrected chi connectivity index (χ1v) is 11.3. The van der Waals surface area contributed by atoms with Crippen LogP contribution in [0.15, 0.2) is 51.9 Å². The van der Waals surface area contributed by atoms with Crippen LogP contribution in [0.4, 0.5) is 10.2 Å². The average Bonchev–Trinajstić information content (AvgIpc) is 3.40. The maximum absolute atomic E-state index is 14.3. The van der Waals surface area contributed by atoms with E-state index >= 15 is 0 Å². The molecule has 3 aromatic heterocycles. The van der Waals surface area contributed by atoms with Crippen LogP contribution in [0.5, 0.6) is 5.75 Å². The minimum atomic E-state index is -0.762. The Balaban J connectivity index is 1.73. The van der Waals surface area contributed by atoms with Crippen molar-refractivity contribution < 1.29 is 18.6 Å². The topological polar surface area (TPSA) is 109 Å². The van der Waals surface area contributed by atoms with Gasteiger partial charge in [-0.25, -0.2) is 4.39 Å². The zero-order valence-corrected chi connectivity index (χ0v) is 20.2. The molecule has 1 unspecified atom stereocenters. The second-order valence-corrected chi connectivity index (χ2v) is 8.60. The summed E-state index contributed by atoms with van der Waals surface area (Å²) in [6.07, 6.45) is 4.82. The monoisotopic (exact) mass is 529 g/mol. The van der Waals surface area contributed by atoms with Crippen LogP contribution in [0.2, 0.25) is 0 Å². The summed E-state index contributed by atoms with van der Waals surface area (Å²) in [5.41, 5.74) is 3.56. The predicted octanol–water partition coefficient (Wildman–Crippen LogP) is 5.80. The van der Waals surface area contributed by atoms with Gasteiger partial charge in [-0.3, -0.25) is 4.68 Å². The fourth-order valence-electron chi connectivity index (χ4n) is 3.65. The number of nitro groups is 1. The Bertz CT molecular complexity index is 1350. The summed E-state index contributed by atoms with van der Waals surface area (Å²) >= 11 is 3.25. The first kappa shape index (κ1) is 23.6. The first-order valence-electron chi connectivity index (χ1n) is 10.5. The maximum Gasteiger partial charge on any atom is 0.406 e. The molecule has 0 amide bonds. The van der Waals surface area contributed by atoms with Crippen molar-refractivity contribution >= 4 is 21.7 Å². The highest BCUT2D eigenvalue weighted by Gasteiger charge is 2.25. The van der Waals surface area contributed by atoms with Gasteiger partial charge in [-0.05, 0) is 70.4 Å². The molecule has 0 N–H and O–H groups in total. The number of ether oxygens (including phenoxy) is 1. The maximum atomic E-state index is 14.3. The van der Waals surface area contributed by atoms with Crippen molar-refractivity contribution in [1.82, 2.24) is 19.9 Å². The smallest absolute Gasteiger partial charge is 0.406 e. The van der Waals surface area contributed by atoms with Gasteiger partial charge in [-0.15, -0.1) is 0 Å². The molecule has 4 rings (SSSR count). The predicted molar refractivity (Wildman–Crippen MR) is 125 cm³/mol. The van der Waals surface area contributed by atoms with Crippen molar-refractivity contribution in [2.75, 3.05) is 0 Å². The molecular formula is C23H21BrFN5O4. The third-order valence-electron chi connectivity index (χ3n) is 5.35. The van der Waals surface area contributed by atoms with E-state index in [0.717, 1.165) is 17.7 Å². The molecule has 0 aliphatic heterocycles. The summed E-state index contributed by atoms with van der Waals surface area (Å²) in [7, 11) is 0. The summed E-state index contributed by atoms with van der Waals surface area (Å²) < 4.78 is 28.2. The van der Waals surface area contributed by atoms with Crippen LogP contribution < -0.4 is 4.74 Å². The van der Waals surface area contributed by atoms with Crippen LogP contribution in [0.3, 0.4) is 0 Å². The standard InChI is InChI=1S/C23H21BrFN5O4/c1-4-29-12-15(10-27-29)7-19-13(2)28-34-22(19)18-6-5-17(25)9-20(18)14(3)33-21-8-16(24)11-26-23(21)30(31)32/h5-6,8-12,14H,4,7H2,1-3H3. The van der Waals surface area contributed by atoms with Crippen LogP contribution in [-0.4, -0.2) is 24.8 Å². The van der Waals surface area contributed by atoms with Crippen LogP contribution >= 0.6 is 15.9 Å². The van der Waals surface area contributed by atoms with E-state index in [0.29, 0.717) is 33.5 Å². The second kappa shape index (κ2) is 9.72. The molecule has 1 aromatic carbocycles. The molecule has 1 atom stereocenters. The van der Waals surface area contributed by atoms with Crippen molar-refractivity contribution in [3.8, 4) is 17.1 Å². The summed E-state index contributed by atoms with van der Waals surface area (Å²) in [5, 5.41) is 19.8. The molecule has 11 heteroatoms. The van der Waals surface area contributed by atoms with Gasteiger partial charge in [-0.2, -0.15) is 5.10 Å². The normalized spacial score (nSPS) is 12.0. The Kier molecular flexibility index (Phi) is 6.73. The summed E-state index contributed by atoms with van der Waals surface area (Å²) in [6, 6.07) is 5.70. The summed E-state index contributed by atoms with van der Waals surface area (Å²) in [5.74, 6) is -0.465. The third kappa shape index (κ3) is 4.84. The van der Waals surface area contributed by atoms with Crippen LogP contribution in [-0.2, 0) is 13.0 Å². The molecular weight excluding hydrogens is 509 g/mol. The van der Waals surface area contributed by atoms with Crippen molar-refractivity contribution in [3.05, 3.63) is 85.6 Å². The zero-order chi connectivity index (χ0) is 24.4. The molecule has 0 saturated carbocycles. The molecule has 0 aliphatic carbocycles. The van der Waals surface area contributed by atoms with Crippen LogP contribution in [0, 0.1) is 22.9 Å². The minimum Gasteiger partial charge on any atom is -0.478 e. The van der Waals surface area contributed by atoms with Gasteiger partial charge in [-0.1, -0.05) is 5.16 Å². The molecule has 0 bridgehead atoms. The minimum absolute atomic E-state index is 0.0389. The number of rotatable bonds is 8. The van der Waals surface area contributed by atoms with Crippen molar-refractivity contribution in [3.63, 3.8) is 0 Å². The molecule has 4 aromatic rings. The SMILES string of the molecule is CCn1cc(Cc2c(C)noc2-c2ccc(F)cc2C(C)Oc2cc(Br)cnc2[N+](=O)[O-])cn1. The Hall–Kier alpha value is -3.60. The Morgan fingerprint density at radius 2 is 2.12 bits per heavy atom. The van der Waals surface area contributed by atoms with Gasteiger partial charge in [0, 0.05) is 41.9 Å². The molecule has 0 saturated heterocycles. The Morgan fingerprint density at radius 3 is 2.82 bits per heavy atom. The van der Waals surface area contributed by atoms with E-state index < -0.39 is 22.7 Å². The molecule has 0 radical (unpaired) electrons. The van der Waals surface area contributed by atoms with E-state index in [4.69, 9.17) is 9.26 Å². The van der Waals surface area contributed by atoms with Gasteiger partial charge in [0.05, 0.1) is 16.4 Å². The second-order valence-electron chi connectivity index (χ2n) is 7.68. The lowest BCUT2D eigenvalue weighted by Crippen LogP contribution is -2.08. The first-order chi connectivity index (χ1) is 16.3. The molecule has 9 nitrogen and oxygen atoms in total. The molecule has 0 aliphatic rings. The average molecular weight is 530 g/mol. The molecule has 0 spiro atoms. The van der Waals surface area contributed by atoms with Gasteiger partial charge >= 0.3 is 5.82 Å². The number of aryl methyl sites for hydroxylation is 2. The zero-order valence-electron chi connectivity index (χ0n) is 18.7. The van der Waals surface area contributed by atoms with Gasteiger partial charge in [0.15, 0.2) is 12.0 Å². The van der Waals surface area contributed by atoms with Crippen LogP contribution in [0.1, 0.15) is 42.3 Å². The number of nitrogens with zero attached hydrogens (tertiary/aromatic N) is 5. The summed E-state index contributed by atoms with van der Waals surface area (Å²) in [4.78, 5) is 14.6. The van der Waals surface area contributed by atoms with E-state index in [1.54, 1.807) is 19.2 Å². The lowest BCUT2D eigenvalue weighted by Gasteiger charge is -2.18. The number of aromatic nitrogens is 4. The van der Waals surface area contributed by atoms with Crippen molar-refractivity contribution in [2.45, 2.75) is 39.8 Å². The summed E-state index contributed by atoms with van der Waals surface area (Å²) in [6.45, 7) is 6.27. The fraction of sp³-hybridized carbons (Fsp3) is 0.261. The number of benzene rings is 1. The molecule has 0 fully saturated rings. The van der Waals surface area contributed by atoms with E-state index in [1.807, 2.05) is 24.7 Å². The molecule has 34 heavy (non-hydrogen) atoms. The van der Waals surface area contributed by atoms with E-state index in [1.165, 1.54) is 24.4 Å². The van der Waals surface area contributed by atoms with E-state index in [2.05, 4.69) is 31.2 Å². The molecule has 176 valence electrons. The van der Waals surface area contributed by atoms with E-state index in [9.17, 15) is 14.5 Å². The van der Waals surface area contributed by atoms with Gasteiger partial charge in [0.25, 0.3) is 0 Å². The van der Waals surface area contributed by atoms with Crippen LogP contribution in [0.25, 0.3) is 11.3 Å². The van der Waals surface area contributed by atoms with Gasteiger partial charge in [0.1, 0.15) is 11.9 Å². The van der Waals surface area contributed by atoms with Gasteiger partial charge in [0.2, 0.25) is 5.75 Å². The largest absolute Gasteiger partial charge is 0.478 e. The highest BCUT2D eigenvalue weighted by atomic mass is 79.9. The number of hydrogen-bond donors (Lipinski definition) is 0. The quantitative estimate of drug-likeness (QED) is 0.209. The highest BCUT2D eigenvalue weighted by molar-refractivity contribution is 9.10. The van der Waals surface area contributed by atoms with E-state index in [-0.39, 0.29) is 5.75 Å². The highest BCUT2D eigenvalue weighted by Crippen LogP contribution is 2.37. The Morgan fingerprint density at radius 1 is 1.32 bits per heavy atom. The number of halogens is 2.